The van der Waals surface area contributed by atoms with Crippen molar-refractivity contribution in [3.8, 4) is 5.69 Å². The molecule has 0 saturated carbocycles. The topological polar surface area (TPSA) is 47.1 Å². The quantitative estimate of drug-likeness (QED) is 0.410. The van der Waals surface area contributed by atoms with Crippen LogP contribution in [0.2, 0.25) is 0 Å². The molecule has 1 unspecified atom stereocenters. The molecular formula is C25H40N4S. The van der Waals surface area contributed by atoms with E-state index in [1.54, 1.807) is 11.8 Å². The molecule has 5 heteroatoms. The molecule has 166 valence electrons. The summed E-state index contributed by atoms with van der Waals surface area (Å²) in [5.41, 5.74) is 10.3. The maximum Gasteiger partial charge on any atom is 0.0645 e. The van der Waals surface area contributed by atoms with Crippen LogP contribution in [-0.4, -0.2) is 27.3 Å². The summed E-state index contributed by atoms with van der Waals surface area (Å²) < 4.78 is 1.90. The molecule has 30 heavy (non-hydrogen) atoms. The van der Waals surface area contributed by atoms with Crippen molar-refractivity contribution in [2.24, 2.45) is 11.7 Å². The third-order valence-corrected chi connectivity index (χ3v) is 5.52. The number of thioether (sulfide) groups is 1. The zero-order valence-corrected chi connectivity index (χ0v) is 20.5. The first-order chi connectivity index (χ1) is 14.4. The fourth-order valence-corrected chi connectivity index (χ4v) is 3.88. The smallest absolute Gasteiger partial charge is 0.0645 e. The average molecular weight is 429 g/mol. The molecule has 0 aliphatic heterocycles. The van der Waals surface area contributed by atoms with Crippen molar-refractivity contribution in [1.82, 2.24) is 14.7 Å². The second-order valence-electron chi connectivity index (χ2n) is 7.64. The van der Waals surface area contributed by atoms with Crippen molar-refractivity contribution in [2.75, 3.05) is 6.54 Å². The van der Waals surface area contributed by atoms with Crippen molar-refractivity contribution < 1.29 is 0 Å². The number of benzene rings is 1. The minimum Gasteiger partial charge on any atom is -0.397 e. The number of hydrogen-bond donors (Lipinski definition) is 1. The van der Waals surface area contributed by atoms with Gasteiger partial charge in [0.2, 0.25) is 0 Å². The Bertz CT molecular complexity index is 764. The first-order valence-electron chi connectivity index (χ1n) is 11.0. The van der Waals surface area contributed by atoms with Crippen LogP contribution in [-0.2, 0) is 5.75 Å². The van der Waals surface area contributed by atoms with E-state index >= 15 is 0 Å². The van der Waals surface area contributed by atoms with Gasteiger partial charge in [0.25, 0.3) is 0 Å². The van der Waals surface area contributed by atoms with Gasteiger partial charge >= 0.3 is 0 Å². The highest BCUT2D eigenvalue weighted by molar-refractivity contribution is 8.01. The summed E-state index contributed by atoms with van der Waals surface area (Å²) in [5.74, 6) is 1.40. The van der Waals surface area contributed by atoms with Gasteiger partial charge in [0.1, 0.15) is 0 Å². The maximum atomic E-state index is 6.37. The molecule has 0 fully saturated rings. The normalized spacial score (nSPS) is 12.3. The SMILES string of the molecule is C=C(/C(N)=C/SCc1cnn(-c2ccccc2)c1)N(CC(C)C)C(C)CCC.CC. The van der Waals surface area contributed by atoms with Crippen LogP contribution in [0.25, 0.3) is 5.69 Å². The summed E-state index contributed by atoms with van der Waals surface area (Å²) in [6.45, 7) is 18.2. The molecule has 0 radical (unpaired) electrons. The van der Waals surface area contributed by atoms with Gasteiger partial charge in [-0.25, -0.2) is 4.68 Å². The molecule has 2 N–H and O–H groups in total. The number of nitrogens with zero attached hydrogens (tertiary/aromatic N) is 3. The summed E-state index contributed by atoms with van der Waals surface area (Å²) in [5, 5.41) is 6.47. The molecule has 0 bridgehead atoms. The lowest BCUT2D eigenvalue weighted by molar-refractivity contribution is 0.233. The van der Waals surface area contributed by atoms with E-state index in [1.807, 2.05) is 60.5 Å². The number of nitrogens with two attached hydrogens (primary N) is 1. The summed E-state index contributed by atoms with van der Waals surface area (Å²) >= 11 is 1.68. The van der Waals surface area contributed by atoms with Gasteiger partial charge in [0.15, 0.2) is 0 Å². The summed E-state index contributed by atoms with van der Waals surface area (Å²) in [7, 11) is 0. The van der Waals surface area contributed by atoms with Crippen LogP contribution in [0.1, 0.15) is 59.9 Å². The molecule has 1 aromatic carbocycles. The van der Waals surface area contributed by atoms with Crippen LogP contribution in [0.5, 0.6) is 0 Å². The standard InChI is InChI=1S/C23H34N4S.C2H6/c1-6-10-19(4)26(14-18(2)3)20(5)23(24)17-28-16-21-13-25-27(15-21)22-11-8-7-9-12-22;1-2/h7-9,11-13,15,17-19H,5-6,10,14,16,24H2,1-4H3;1-2H3/b23-17-;. The van der Waals surface area contributed by atoms with E-state index in [2.05, 4.69) is 50.5 Å². The van der Waals surface area contributed by atoms with Crippen LogP contribution in [0.3, 0.4) is 0 Å². The molecule has 0 aliphatic carbocycles. The molecular weight excluding hydrogens is 388 g/mol. The van der Waals surface area contributed by atoms with E-state index in [9.17, 15) is 0 Å². The van der Waals surface area contributed by atoms with E-state index in [-0.39, 0.29) is 0 Å². The highest BCUT2D eigenvalue weighted by Gasteiger charge is 2.17. The highest BCUT2D eigenvalue weighted by Crippen LogP contribution is 2.22. The van der Waals surface area contributed by atoms with Gasteiger partial charge in [-0.3, -0.25) is 0 Å². The van der Waals surface area contributed by atoms with E-state index < -0.39 is 0 Å². The molecule has 0 spiro atoms. The Morgan fingerprint density at radius 3 is 2.50 bits per heavy atom. The summed E-state index contributed by atoms with van der Waals surface area (Å²) in [4.78, 5) is 2.36. The van der Waals surface area contributed by atoms with E-state index in [0.29, 0.717) is 12.0 Å². The van der Waals surface area contributed by atoms with Gasteiger partial charge in [0.05, 0.1) is 23.3 Å². The Hall–Kier alpha value is -2.14. The largest absolute Gasteiger partial charge is 0.397 e. The maximum absolute atomic E-state index is 6.37. The fourth-order valence-electron chi connectivity index (χ4n) is 3.14. The van der Waals surface area contributed by atoms with Gasteiger partial charge in [-0.15, -0.1) is 11.8 Å². The number of hydrogen-bond acceptors (Lipinski definition) is 4. The molecule has 1 aromatic heterocycles. The Morgan fingerprint density at radius 2 is 1.90 bits per heavy atom. The van der Waals surface area contributed by atoms with E-state index in [1.165, 1.54) is 5.56 Å². The van der Waals surface area contributed by atoms with Crippen molar-refractivity contribution >= 4 is 11.8 Å². The van der Waals surface area contributed by atoms with Crippen LogP contribution >= 0.6 is 11.8 Å². The van der Waals surface area contributed by atoms with Gasteiger partial charge in [0, 0.05) is 30.1 Å². The molecule has 1 heterocycles. The van der Waals surface area contributed by atoms with Crippen LogP contribution in [0.15, 0.2) is 66.1 Å². The zero-order valence-electron chi connectivity index (χ0n) is 19.6. The lowest BCUT2D eigenvalue weighted by Gasteiger charge is -2.34. The Morgan fingerprint density at radius 1 is 1.23 bits per heavy atom. The molecule has 0 amide bonds. The molecule has 1 atom stereocenters. The highest BCUT2D eigenvalue weighted by atomic mass is 32.2. The first-order valence-corrected chi connectivity index (χ1v) is 12.1. The van der Waals surface area contributed by atoms with Gasteiger partial charge in [-0.2, -0.15) is 5.10 Å². The lowest BCUT2D eigenvalue weighted by atomic mass is 10.1. The zero-order chi connectivity index (χ0) is 22.5. The van der Waals surface area contributed by atoms with Crippen molar-refractivity contribution in [3.05, 3.63) is 71.7 Å². The summed E-state index contributed by atoms with van der Waals surface area (Å²) in [6.07, 6.45) is 6.28. The predicted octanol–water partition coefficient (Wildman–Crippen LogP) is 6.59. The van der Waals surface area contributed by atoms with Crippen molar-refractivity contribution in [2.45, 2.75) is 66.2 Å². The molecule has 2 aromatic rings. The molecule has 4 nitrogen and oxygen atoms in total. The van der Waals surface area contributed by atoms with Crippen LogP contribution < -0.4 is 5.73 Å². The van der Waals surface area contributed by atoms with Crippen LogP contribution in [0.4, 0.5) is 0 Å². The Kier molecular flexibility index (Phi) is 12.1. The average Bonchev–Trinajstić information content (AvgIpc) is 3.22. The second-order valence-corrected chi connectivity index (χ2v) is 8.50. The van der Waals surface area contributed by atoms with E-state index in [4.69, 9.17) is 5.73 Å². The van der Waals surface area contributed by atoms with Gasteiger partial charge in [-0.1, -0.05) is 65.8 Å². The third-order valence-electron chi connectivity index (χ3n) is 4.60. The first kappa shape index (κ1) is 25.9. The minimum atomic E-state index is 0.445. The second kappa shape index (κ2) is 14.0. The molecule has 0 aliphatic rings. The number of rotatable bonds is 11. The van der Waals surface area contributed by atoms with Crippen molar-refractivity contribution in [3.63, 3.8) is 0 Å². The van der Waals surface area contributed by atoms with Gasteiger partial charge < -0.3 is 10.6 Å². The minimum absolute atomic E-state index is 0.445. The Balaban J connectivity index is 0.00000218. The summed E-state index contributed by atoms with van der Waals surface area (Å²) in [6, 6.07) is 10.6. The third kappa shape index (κ3) is 8.31. The number of para-hydroxylation sites is 1. The predicted molar refractivity (Wildman–Crippen MR) is 134 cm³/mol. The molecule has 2 rings (SSSR count). The van der Waals surface area contributed by atoms with E-state index in [0.717, 1.165) is 42.2 Å². The van der Waals surface area contributed by atoms with Crippen LogP contribution in [0, 0.1) is 5.92 Å². The lowest BCUT2D eigenvalue weighted by Crippen LogP contribution is -2.36. The Labute approximate surface area is 188 Å². The van der Waals surface area contributed by atoms with Gasteiger partial charge in [-0.05, 0) is 36.8 Å². The van der Waals surface area contributed by atoms with Crippen molar-refractivity contribution in [1.29, 1.82) is 0 Å². The monoisotopic (exact) mass is 428 g/mol. The fraction of sp³-hybridized carbons (Fsp3) is 0.480. The number of aromatic nitrogens is 2. The molecule has 0 saturated heterocycles.